The molecule has 1 aliphatic heterocycles. The van der Waals surface area contributed by atoms with E-state index in [1.54, 1.807) is 18.9 Å². The lowest BCUT2D eigenvalue weighted by Gasteiger charge is -2.40. The third-order valence-corrected chi connectivity index (χ3v) is 5.95. The second-order valence-corrected chi connectivity index (χ2v) is 7.51. The molecule has 1 aliphatic rings. The summed E-state index contributed by atoms with van der Waals surface area (Å²) in [6.45, 7) is 4.06. The zero-order valence-electron chi connectivity index (χ0n) is 15.2. The van der Waals surface area contributed by atoms with Crippen molar-refractivity contribution in [2.75, 3.05) is 7.11 Å². The molecule has 138 valence electrons. The summed E-state index contributed by atoms with van der Waals surface area (Å²) in [4.78, 5) is 5.95. The van der Waals surface area contributed by atoms with Crippen LogP contribution < -0.4 is 0 Å². The van der Waals surface area contributed by atoms with Crippen LogP contribution >= 0.6 is 11.8 Å². The number of thioether (sulfide) groups is 1. The molecule has 1 heterocycles. The van der Waals surface area contributed by atoms with Crippen molar-refractivity contribution in [1.82, 2.24) is 0 Å². The van der Waals surface area contributed by atoms with Gasteiger partial charge < -0.3 is 14.4 Å². The number of methoxy groups -OCH3 is 1. The van der Waals surface area contributed by atoms with Crippen molar-refractivity contribution in [2.45, 2.75) is 36.4 Å². The Hall–Kier alpha value is -1.79. The fourth-order valence-electron chi connectivity index (χ4n) is 3.34. The summed E-state index contributed by atoms with van der Waals surface area (Å²) < 4.78 is 12.1. The molecular formula is C21H24O4S. The smallest absolute Gasteiger partial charge is 0.176 e. The minimum Gasteiger partial charge on any atom is -0.376 e. The van der Waals surface area contributed by atoms with E-state index in [1.807, 2.05) is 55.5 Å². The van der Waals surface area contributed by atoms with Crippen molar-refractivity contribution in [2.24, 2.45) is 5.92 Å². The Labute approximate surface area is 158 Å². The number of hydrogen-bond acceptors (Lipinski definition) is 5. The molecule has 0 aliphatic carbocycles. The summed E-state index contributed by atoms with van der Waals surface area (Å²) in [5.74, 6) is 0.477. The highest BCUT2D eigenvalue weighted by Gasteiger charge is 2.41. The van der Waals surface area contributed by atoms with Gasteiger partial charge in [0.15, 0.2) is 5.76 Å². The van der Waals surface area contributed by atoms with Crippen LogP contribution in [0.15, 0.2) is 71.1 Å². The van der Waals surface area contributed by atoms with Gasteiger partial charge in [0.2, 0.25) is 0 Å². The highest BCUT2D eigenvalue weighted by Crippen LogP contribution is 2.42. The topological polar surface area (TPSA) is 47.9 Å². The van der Waals surface area contributed by atoms with E-state index in [0.29, 0.717) is 5.76 Å². The Morgan fingerprint density at radius 1 is 1.00 bits per heavy atom. The number of benzene rings is 2. The van der Waals surface area contributed by atoms with Gasteiger partial charge in [-0.1, -0.05) is 67.2 Å². The Bertz CT molecular complexity index is 732. The van der Waals surface area contributed by atoms with E-state index >= 15 is 0 Å². The lowest BCUT2D eigenvalue weighted by molar-refractivity contribution is -0.174. The first kappa shape index (κ1) is 19.0. The maximum absolute atomic E-state index is 9.58. The predicted octanol–water partition coefficient (Wildman–Crippen LogP) is 5.08. The molecule has 1 saturated heterocycles. The van der Waals surface area contributed by atoms with Crippen molar-refractivity contribution in [3.05, 3.63) is 71.8 Å². The highest BCUT2D eigenvalue weighted by molar-refractivity contribution is 7.99. The van der Waals surface area contributed by atoms with Crippen molar-refractivity contribution in [1.29, 1.82) is 0 Å². The van der Waals surface area contributed by atoms with Crippen LogP contribution in [0.5, 0.6) is 0 Å². The fourth-order valence-corrected chi connectivity index (χ4v) is 4.50. The molecule has 4 atom stereocenters. The first-order valence-corrected chi connectivity index (χ1v) is 9.54. The van der Waals surface area contributed by atoms with Gasteiger partial charge in [-0.05, 0) is 19.1 Å². The molecule has 0 aromatic heterocycles. The molecule has 0 bridgehead atoms. The van der Waals surface area contributed by atoms with Crippen LogP contribution in [0.4, 0.5) is 0 Å². The average Bonchev–Trinajstić information content (AvgIpc) is 2.68. The zero-order chi connectivity index (χ0) is 18.5. The predicted molar refractivity (Wildman–Crippen MR) is 104 cm³/mol. The van der Waals surface area contributed by atoms with Gasteiger partial charge in [0, 0.05) is 29.1 Å². The Morgan fingerprint density at radius 2 is 1.62 bits per heavy atom. The van der Waals surface area contributed by atoms with E-state index in [9.17, 15) is 5.26 Å². The largest absolute Gasteiger partial charge is 0.376 e. The van der Waals surface area contributed by atoms with Crippen LogP contribution in [-0.4, -0.2) is 30.0 Å². The standard InChI is InChI=1S/C21H24O4S/c1-14-19(23-3)18(20(25-22)16-10-6-4-7-11-16)15(2)24-21(14)26-17-12-8-5-9-13-17/h4-15,19,21-22H,1-3H3/b20-18+. The summed E-state index contributed by atoms with van der Waals surface area (Å²) in [5, 5.41) is 9.58. The molecule has 2 aromatic carbocycles. The second-order valence-electron chi connectivity index (χ2n) is 6.33. The first-order valence-electron chi connectivity index (χ1n) is 8.66. The van der Waals surface area contributed by atoms with E-state index in [2.05, 4.69) is 19.1 Å². The van der Waals surface area contributed by atoms with Gasteiger partial charge >= 0.3 is 0 Å². The molecule has 4 nitrogen and oxygen atoms in total. The minimum absolute atomic E-state index is 0.0585. The van der Waals surface area contributed by atoms with Crippen LogP contribution in [0.3, 0.4) is 0 Å². The summed E-state index contributed by atoms with van der Waals surface area (Å²) in [5.41, 5.74) is 1.55. The number of rotatable bonds is 5. The van der Waals surface area contributed by atoms with E-state index in [0.717, 1.165) is 16.0 Å². The Kier molecular flexibility index (Phi) is 6.38. The van der Waals surface area contributed by atoms with E-state index in [-0.39, 0.29) is 23.6 Å². The van der Waals surface area contributed by atoms with Gasteiger partial charge in [0.1, 0.15) is 5.44 Å². The third kappa shape index (κ3) is 3.96. The van der Waals surface area contributed by atoms with Crippen LogP contribution in [-0.2, 0) is 14.4 Å². The van der Waals surface area contributed by atoms with Gasteiger partial charge in [-0.15, -0.1) is 0 Å². The molecule has 0 saturated carbocycles. The van der Waals surface area contributed by atoms with E-state index in [1.165, 1.54) is 0 Å². The highest BCUT2D eigenvalue weighted by atomic mass is 32.2. The number of ether oxygens (including phenoxy) is 2. The lowest BCUT2D eigenvalue weighted by atomic mass is 9.88. The number of hydrogen-bond donors (Lipinski definition) is 1. The minimum atomic E-state index is -0.250. The summed E-state index contributed by atoms with van der Waals surface area (Å²) in [6.07, 6.45) is -0.470. The van der Waals surface area contributed by atoms with Gasteiger partial charge in [-0.25, -0.2) is 5.26 Å². The molecule has 1 fully saturated rings. The van der Waals surface area contributed by atoms with Crippen LogP contribution in [0.1, 0.15) is 19.4 Å². The lowest BCUT2D eigenvalue weighted by Crippen LogP contribution is -2.44. The molecule has 0 radical (unpaired) electrons. The molecule has 3 rings (SSSR count). The van der Waals surface area contributed by atoms with E-state index in [4.69, 9.17) is 14.4 Å². The summed E-state index contributed by atoms with van der Waals surface area (Å²) in [6, 6.07) is 19.7. The molecule has 4 unspecified atom stereocenters. The average molecular weight is 372 g/mol. The van der Waals surface area contributed by atoms with Crippen molar-refractivity contribution in [3.63, 3.8) is 0 Å². The van der Waals surface area contributed by atoms with Crippen LogP contribution in [0.2, 0.25) is 0 Å². The fraction of sp³-hybridized carbons (Fsp3) is 0.333. The maximum atomic E-state index is 9.58. The molecule has 1 N–H and O–H groups in total. The molecular weight excluding hydrogens is 348 g/mol. The normalized spacial score (nSPS) is 27.8. The van der Waals surface area contributed by atoms with E-state index < -0.39 is 0 Å². The van der Waals surface area contributed by atoms with Gasteiger partial charge in [0.25, 0.3) is 0 Å². The van der Waals surface area contributed by atoms with Crippen molar-refractivity contribution in [3.8, 4) is 0 Å². The SMILES string of the molecule is COC1/C(=C(/OO)c2ccccc2)C(C)OC(Sc2ccccc2)C1C. The monoisotopic (exact) mass is 372 g/mol. The third-order valence-electron chi connectivity index (χ3n) is 4.63. The first-order chi connectivity index (χ1) is 12.7. The van der Waals surface area contributed by atoms with Crippen molar-refractivity contribution >= 4 is 17.5 Å². The van der Waals surface area contributed by atoms with Gasteiger partial charge in [0.05, 0.1) is 12.2 Å². The zero-order valence-corrected chi connectivity index (χ0v) is 16.0. The quantitative estimate of drug-likeness (QED) is 0.451. The Balaban J connectivity index is 1.93. The summed E-state index contributed by atoms with van der Waals surface area (Å²) >= 11 is 1.68. The maximum Gasteiger partial charge on any atom is 0.176 e. The molecule has 0 spiro atoms. The van der Waals surface area contributed by atoms with Gasteiger partial charge in [-0.3, -0.25) is 0 Å². The second kappa shape index (κ2) is 8.73. The van der Waals surface area contributed by atoms with Crippen LogP contribution in [0.25, 0.3) is 5.76 Å². The van der Waals surface area contributed by atoms with Crippen molar-refractivity contribution < 1.29 is 19.6 Å². The van der Waals surface area contributed by atoms with Gasteiger partial charge in [-0.2, -0.15) is 0 Å². The molecule has 2 aromatic rings. The summed E-state index contributed by atoms with van der Waals surface area (Å²) in [7, 11) is 1.68. The molecule has 5 heteroatoms. The molecule has 0 amide bonds. The molecule has 26 heavy (non-hydrogen) atoms. The Morgan fingerprint density at radius 3 is 2.19 bits per heavy atom. The van der Waals surface area contributed by atoms with Crippen LogP contribution in [0, 0.1) is 5.92 Å².